The van der Waals surface area contributed by atoms with E-state index in [1.165, 1.54) is 4.90 Å². The molecule has 0 aliphatic carbocycles. The van der Waals surface area contributed by atoms with E-state index < -0.39 is 17.8 Å². The molecule has 2 N–H and O–H groups in total. The molecular weight excluding hydrogens is 294 g/mol. The highest BCUT2D eigenvalue weighted by molar-refractivity contribution is 5.65. The average molecular weight is 321 g/mol. The molecule has 1 aliphatic heterocycles. The fourth-order valence-corrected chi connectivity index (χ4v) is 2.75. The SMILES string of the molecule is CC(O[C@@H]1CN(C(=O)O)CC[C@@]1(O)c1ccccc1)C(C)(C)C. The summed E-state index contributed by atoms with van der Waals surface area (Å²) in [5, 5.41) is 20.6. The monoisotopic (exact) mass is 321 g/mol. The van der Waals surface area contributed by atoms with Gasteiger partial charge in [0.15, 0.2) is 0 Å². The lowest BCUT2D eigenvalue weighted by atomic mass is 9.81. The molecule has 5 nitrogen and oxygen atoms in total. The van der Waals surface area contributed by atoms with Gasteiger partial charge in [-0.15, -0.1) is 0 Å². The molecule has 1 fully saturated rings. The van der Waals surface area contributed by atoms with Crippen LogP contribution in [0, 0.1) is 5.41 Å². The number of aliphatic hydroxyl groups is 1. The summed E-state index contributed by atoms with van der Waals surface area (Å²) in [6, 6.07) is 9.39. The third-order valence-electron chi connectivity index (χ3n) is 4.81. The van der Waals surface area contributed by atoms with Gasteiger partial charge in [0.1, 0.15) is 11.7 Å². The molecule has 5 heteroatoms. The molecule has 23 heavy (non-hydrogen) atoms. The molecule has 0 spiro atoms. The van der Waals surface area contributed by atoms with Gasteiger partial charge < -0.3 is 19.8 Å². The van der Waals surface area contributed by atoms with Crippen LogP contribution in [0.2, 0.25) is 0 Å². The van der Waals surface area contributed by atoms with E-state index in [0.29, 0.717) is 13.0 Å². The van der Waals surface area contributed by atoms with Crippen LogP contribution in [0.5, 0.6) is 0 Å². The number of piperidine rings is 1. The standard InChI is InChI=1S/C18H27NO4/c1-13(17(2,3)4)23-15-12-19(16(20)21)11-10-18(15,22)14-8-6-5-7-9-14/h5-9,13,15,22H,10-12H2,1-4H3,(H,20,21)/t13?,15-,18-/m1/s1. The molecule has 0 saturated carbocycles. The second kappa shape index (κ2) is 6.49. The normalized spacial score (nSPS) is 26.8. The van der Waals surface area contributed by atoms with E-state index in [-0.39, 0.29) is 18.1 Å². The van der Waals surface area contributed by atoms with Crippen LogP contribution in [-0.4, -0.2) is 46.5 Å². The molecule has 1 saturated heterocycles. The second-order valence-electron chi connectivity index (χ2n) is 7.40. The highest BCUT2D eigenvalue weighted by atomic mass is 16.5. The molecule has 128 valence electrons. The third-order valence-corrected chi connectivity index (χ3v) is 4.81. The smallest absolute Gasteiger partial charge is 0.407 e. The molecule has 1 heterocycles. The highest BCUT2D eigenvalue weighted by Gasteiger charge is 2.46. The molecule has 1 aromatic rings. The predicted molar refractivity (Wildman–Crippen MR) is 88.3 cm³/mol. The summed E-state index contributed by atoms with van der Waals surface area (Å²) in [5.74, 6) is 0. The van der Waals surface area contributed by atoms with Gasteiger partial charge in [-0.05, 0) is 17.9 Å². The molecule has 1 aliphatic rings. The second-order valence-corrected chi connectivity index (χ2v) is 7.40. The van der Waals surface area contributed by atoms with Crippen molar-refractivity contribution < 1.29 is 19.7 Å². The van der Waals surface area contributed by atoms with E-state index in [1.807, 2.05) is 37.3 Å². The van der Waals surface area contributed by atoms with E-state index in [2.05, 4.69) is 20.8 Å². The van der Waals surface area contributed by atoms with Crippen LogP contribution in [0.15, 0.2) is 30.3 Å². The van der Waals surface area contributed by atoms with Crippen molar-refractivity contribution in [3.63, 3.8) is 0 Å². The van der Waals surface area contributed by atoms with E-state index in [0.717, 1.165) is 5.56 Å². The first-order chi connectivity index (χ1) is 10.6. The first kappa shape index (κ1) is 17.8. The fraction of sp³-hybridized carbons (Fsp3) is 0.611. The van der Waals surface area contributed by atoms with Crippen LogP contribution in [0.4, 0.5) is 4.79 Å². The first-order valence-corrected chi connectivity index (χ1v) is 8.06. The molecule has 0 radical (unpaired) electrons. The van der Waals surface area contributed by atoms with Crippen molar-refractivity contribution in [3.05, 3.63) is 35.9 Å². The number of ether oxygens (including phenoxy) is 1. The van der Waals surface area contributed by atoms with E-state index in [4.69, 9.17) is 4.74 Å². The van der Waals surface area contributed by atoms with Crippen molar-refractivity contribution >= 4 is 6.09 Å². The zero-order valence-electron chi connectivity index (χ0n) is 14.3. The lowest BCUT2D eigenvalue weighted by molar-refractivity contribution is -0.181. The van der Waals surface area contributed by atoms with Crippen molar-refractivity contribution in [2.24, 2.45) is 5.41 Å². The maximum absolute atomic E-state index is 11.3. The Morgan fingerprint density at radius 3 is 2.48 bits per heavy atom. The summed E-state index contributed by atoms with van der Waals surface area (Å²) in [6.45, 7) is 8.63. The summed E-state index contributed by atoms with van der Waals surface area (Å²) in [5.41, 5.74) is -0.494. The average Bonchev–Trinajstić information content (AvgIpc) is 2.49. The van der Waals surface area contributed by atoms with Gasteiger partial charge in [0, 0.05) is 13.0 Å². The number of benzene rings is 1. The van der Waals surface area contributed by atoms with Crippen LogP contribution in [0.1, 0.15) is 39.7 Å². The van der Waals surface area contributed by atoms with E-state index in [9.17, 15) is 15.0 Å². The van der Waals surface area contributed by atoms with Gasteiger partial charge in [-0.2, -0.15) is 0 Å². The Bertz CT molecular complexity index is 540. The quantitative estimate of drug-likeness (QED) is 0.897. The maximum atomic E-state index is 11.3. The number of carbonyl (C=O) groups is 1. The minimum atomic E-state index is -1.17. The van der Waals surface area contributed by atoms with Crippen molar-refractivity contribution in [2.45, 2.75) is 51.9 Å². The van der Waals surface area contributed by atoms with Gasteiger partial charge in [-0.3, -0.25) is 0 Å². The van der Waals surface area contributed by atoms with Crippen LogP contribution >= 0.6 is 0 Å². The predicted octanol–water partition coefficient (Wildman–Crippen LogP) is 3.08. The van der Waals surface area contributed by atoms with Crippen molar-refractivity contribution in [1.29, 1.82) is 0 Å². The van der Waals surface area contributed by atoms with Crippen LogP contribution in [-0.2, 0) is 10.3 Å². The largest absolute Gasteiger partial charge is 0.465 e. The van der Waals surface area contributed by atoms with E-state index in [1.54, 1.807) is 0 Å². The van der Waals surface area contributed by atoms with Gasteiger partial charge in [-0.1, -0.05) is 51.1 Å². The fourth-order valence-electron chi connectivity index (χ4n) is 2.75. The van der Waals surface area contributed by atoms with Gasteiger partial charge in [0.2, 0.25) is 0 Å². The molecule has 1 amide bonds. The third kappa shape index (κ3) is 3.85. The lowest BCUT2D eigenvalue weighted by Gasteiger charge is -2.46. The van der Waals surface area contributed by atoms with Crippen molar-refractivity contribution in [3.8, 4) is 0 Å². The summed E-state index contributed by atoms with van der Waals surface area (Å²) in [6.07, 6.45) is -1.36. The topological polar surface area (TPSA) is 70.0 Å². The Hall–Kier alpha value is -1.59. The zero-order valence-corrected chi connectivity index (χ0v) is 14.3. The van der Waals surface area contributed by atoms with Gasteiger partial charge in [0.25, 0.3) is 0 Å². The summed E-state index contributed by atoms with van der Waals surface area (Å²) in [4.78, 5) is 12.6. The zero-order chi connectivity index (χ0) is 17.3. The molecule has 3 atom stereocenters. The molecule has 1 unspecified atom stereocenters. The Labute approximate surface area is 137 Å². The summed E-state index contributed by atoms with van der Waals surface area (Å²) in [7, 11) is 0. The maximum Gasteiger partial charge on any atom is 0.407 e. The number of rotatable bonds is 3. The number of nitrogens with zero attached hydrogens (tertiary/aromatic N) is 1. The highest BCUT2D eigenvalue weighted by Crippen LogP contribution is 2.37. The number of likely N-dealkylation sites (tertiary alicyclic amines) is 1. The Morgan fingerprint density at radius 2 is 1.96 bits per heavy atom. The molecule has 0 bridgehead atoms. The van der Waals surface area contributed by atoms with Gasteiger partial charge in [0.05, 0.1) is 12.6 Å². The van der Waals surface area contributed by atoms with Crippen LogP contribution in [0.3, 0.4) is 0 Å². The lowest BCUT2D eigenvalue weighted by Crippen LogP contribution is -2.57. The Morgan fingerprint density at radius 1 is 1.35 bits per heavy atom. The molecular formula is C18H27NO4. The minimum Gasteiger partial charge on any atom is -0.465 e. The molecule has 2 rings (SSSR count). The molecule has 0 aromatic heterocycles. The van der Waals surface area contributed by atoms with Crippen molar-refractivity contribution in [1.82, 2.24) is 4.90 Å². The van der Waals surface area contributed by atoms with Crippen LogP contribution < -0.4 is 0 Å². The minimum absolute atomic E-state index is 0.0941. The van der Waals surface area contributed by atoms with Crippen molar-refractivity contribution in [2.75, 3.05) is 13.1 Å². The van der Waals surface area contributed by atoms with Gasteiger partial charge >= 0.3 is 6.09 Å². The van der Waals surface area contributed by atoms with E-state index >= 15 is 0 Å². The summed E-state index contributed by atoms with van der Waals surface area (Å²) < 4.78 is 6.15. The summed E-state index contributed by atoms with van der Waals surface area (Å²) >= 11 is 0. The number of amides is 1. The first-order valence-electron chi connectivity index (χ1n) is 8.06. The Kier molecular flexibility index (Phi) is 5.01. The van der Waals surface area contributed by atoms with Crippen LogP contribution in [0.25, 0.3) is 0 Å². The molecule has 1 aromatic carbocycles. The Balaban J connectivity index is 2.30. The number of hydrogen-bond donors (Lipinski definition) is 2. The number of hydrogen-bond acceptors (Lipinski definition) is 3. The number of carboxylic acid groups (broad SMARTS) is 1. The van der Waals surface area contributed by atoms with Gasteiger partial charge in [-0.25, -0.2) is 4.79 Å².